The Morgan fingerprint density at radius 1 is 1.33 bits per heavy atom. The second-order valence-electron chi connectivity index (χ2n) is 6.36. The fourth-order valence-corrected chi connectivity index (χ4v) is 3.03. The lowest BCUT2D eigenvalue weighted by molar-refractivity contribution is -0.128. The van der Waals surface area contributed by atoms with Gasteiger partial charge in [0.15, 0.2) is 0 Å². The molecule has 1 aliphatic heterocycles. The Labute approximate surface area is 139 Å². The highest BCUT2D eigenvalue weighted by Crippen LogP contribution is 2.12. The summed E-state index contributed by atoms with van der Waals surface area (Å²) in [6.07, 6.45) is 1.54. The highest BCUT2D eigenvalue weighted by Gasteiger charge is 2.22. The van der Waals surface area contributed by atoms with Crippen molar-refractivity contribution >= 4 is 22.6 Å². The van der Waals surface area contributed by atoms with Gasteiger partial charge in [-0.1, -0.05) is 25.1 Å². The lowest BCUT2D eigenvalue weighted by atomic mass is 10.1. The number of fused-ring (bicyclic) bond motifs is 1. The van der Waals surface area contributed by atoms with E-state index >= 15 is 0 Å². The minimum absolute atomic E-state index is 0.156. The van der Waals surface area contributed by atoms with E-state index in [0.717, 1.165) is 18.4 Å². The topological polar surface area (TPSA) is 82.3 Å². The average molecular weight is 327 g/mol. The summed E-state index contributed by atoms with van der Waals surface area (Å²) in [5, 5.41) is 4.14. The first kappa shape index (κ1) is 16.2. The van der Waals surface area contributed by atoms with Gasteiger partial charge in [-0.3, -0.25) is 14.4 Å². The van der Waals surface area contributed by atoms with Crippen LogP contribution in [0.4, 0.5) is 0 Å². The van der Waals surface area contributed by atoms with Gasteiger partial charge >= 0.3 is 0 Å². The SMILES string of the molecule is C[C@@H](CNC(=O)c1cc2ccccc2c(=O)[nH]1)CN1CCCC1=O. The van der Waals surface area contributed by atoms with Crippen molar-refractivity contribution in [2.24, 2.45) is 5.92 Å². The van der Waals surface area contributed by atoms with Crippen LogP contribution in [0.1, 0.15) is 30.3 Å². The summed E-state index contributed by atoms with van der Waals surface area (Å²) in [6, 6.07) is 8.84. The number of aromatic amines is 1. The van der Waals surface area contributed by atoms with Gasteiger partial charge in [0.05, 0.1) is 0 Å². The minimum Gasteiger partial charge on any atom is -0.350 e. The van der Waals surface area contributed by atoms with Crippen molar-refractivity contribution in [2.75, 3.05) is 19.6 Å². The zero-order valence-corrected chi connectivity index (χ0v) is 13.7. The molecule has 2 aromatic rings. The first-order valence-electron chi connectivity index (χ1n) is 8.22. The number of likely N-dealkylation sites (tertiary alicyclic amines) is 1. The van der Waals surface area contributed by atoms with Crippen molar-refractivity contribution in [1.29, 1.82) is 0 Å². The summed E-state index contributed by atoms with van der Waals surface area (Å²) in [4.78, 5) is 40.4. The Hall–Kier alpha value is -2.63. The number of carbonyl (C=O) groups excluding carboxylic acids is 2. The molecule has 3 rings (SSSR count). The fraction of sp³-hybridized carbons (Fsp3) is 0.389. The molecule has 1 fully saturated rings. The van der Waals surface area contributed by atoms with Crippen LogP contribution in [0.25, 0.3) is 10.8 Å². The predicted molar refractivity (Wildman–Crippen MR) is 91.9 cm³/mol. The third kappa shape index (κ3) is 3.48. The molecule has 6 nitrogen and oxygen atoms in total. The van der Waals surface area contributed by atoms with Gasteiger partial charge in [0, 0.05) is 31.4 Å². The molecular weight excluding hydrogens is 306 g/mol. The largest absolute Gasteiger partial charge is 0.350 e. The molecule has 126 valence electrons. The van der Waals surface area contributed by atoms with Gasteiger partial charge in [0.2, 0.25) is 5.91 Å². The van der Waals surface area contributed by atoms with Crippen molar-refractivity contribution in [3.63, 3.8) is 0 Å². The van der Waals surface area contributed by atoms with E-state index in [2.05, 4.69) is 10.3 Å². The number of carbonyl (C=O) groups is 2. The molecule has 0 unspecified atom stereocenters. The molecule has 1 saturated heterocycles. The van der Waals surface area contributed by atoms with Crippen LogP contribution in [0.2, 0.25) is 0 Å². The van der Waals surface area contributed by atoms with Crippen LogP contribution in [-0.2, 0) is 4.79 Å². The number of benzene rings is 1. The van der Waals surface area contributed by atoms with Crippen LogP contribution in [0.3, 0.4) is 0 Å². The predicted octanol–water partition coefficient (Wildman–Crippen LogP) is 1.52. The number of aromatic nitrogens is 1. The Morgan fingerprint density at radius 2 is 2.12 bits per heavy atom. The summed E-state index contributed by atoms with van der Waals surface area (Å²) >= 11 is 0. The molecule has 24 heavy (non-hydrogen) atoms. The quantitative estimate of drug-likeness (QED) is 0.873. The molecule has 6 heteroatoms. The first-order chi connectivity index (χ1) is 11.5. The van der Waals surface area contributed by atoms with Crippen LogP contribution in [0.5, 0.6) is 0 Å². The normalized spacial score (nSPS) is 15.7. The molecule has 1 aromatic heterocycles. The van der Waals surface area contributed by atoms with Crippen LogP contribution in [0, 0.1) is 5.92 Å². The molecule has 2 amide bonds. The maximum atomic E-state index is 12.3. The molecule has 0 radical (unpaired) electrons. The number of nitrogens with one attached hydrogen (secondary N) is 2. The Morgan fingerprint density at radius 3 is 2.88 bits per heavy atom. The number of hydrogen-bond acceptors (Lipinski definition) is 3. The van der Waals surface area contributed by atoms with E-state index in [-0.39, 0.29) is 29.0 Å². The minimum atomic E-state index is -0.308. The van der Waals surface area contributed by atoms with E-state index in [1.165, 1.54) is 0 Å². The Kier molecular flexibility index (Phi) is 4.64. The molecule has 0 saturated carbocycles. The van der Waals surface area contributed by atoms with E-state index in [9.17, 15) is 14.4 Å². The molecule has 0 bridgehead atoms. The molecule has 1 aromatic carbocycles. The Bertz CT molecular complexity index is 828. The lowest BCUT2D eigenvalue weighted by Crippen LogP contribution is -2.36. The highest BCUT2D eigenvalue weighted by molar-refractivity contribution is 5.96. The van der Waals surface area contributed by atoms with E-state index in [0.29, 0.717) is 24.9 Å². The maximum Gasteiger partial charge on any atom is 0.267 e. The van der Waals surface area contributed by atoms with Crippen molar-refractivity contribution in [2.45, 2.75) is 19.8 Å². The van der Waals surface area contributed by atoms with E-state index in [1.54, 1.807) is 18.2 Å². The van der Waals surface area contributed by atoms with Gasteiger partial charge in [0.1, 0.15) is 5.69 Å². The zero-order valence-electron chi connectivity index (χ0n) is 13.7. The first-order valence-corrected chi connectivity index (χ1v) is 8.22. The van der Waals surface area contributed by atoms with Crippen molar-refractivity contribution in [1.82, 2.24) is 15.2 Å². The van der Waals surface area contributed by atoms with E-state index in [4.69, 9.17) is 0 Å². The van der Waals surface area contributed by atoms with Crippen molar-refractivity contribution in [3.05, 3.63) is 46.4 Å². The fourth-order valence-electron chi connectivity index (χ4n) is 3.03. The molecule has 0 aliphatic carbocycles. The van der Waals surface area contributed by atoms with Gasteiger partial charge in [-0.05, 0) is 29.9 Å². The van der Waals surface area contributed by atoms with Gasteiger partial charge in [-0.2, -0.15) is 0 Å². The second kappa shape index (κ2) is 6.86. The molecule has 2 heterocycles. The van der Waals surface area contributed by atoms with Crippen molar-refractivity contribution < 1.29 is 9.59 Å². The van der Waals surface area contributed by atoms with Crippen LogP contribution in [0.15, 0.2) is 35.1 Å². The monoisotopic (exact) mass is 327 g/mol. The number of H-pyrrole nitrogens is 1. The van der Waals surface area contributed by atoms with E-state index < -0.39 is 0 Å². The van der Waals surface area contributed by atoms with Crippen LogP contribution in [-0.4, -0.2) is 41.3 Å². The molecule has 1 aliphatic rings. The second-order valence-corrected chi connectivity index (χ2v) is 6.36. The summed E-state index contributed by atoms with van der Waals surface area (Å²) < 4.78 is 0. The number of pyridine rings is 1. The molecule has 0 spiro atoms. The average Bonchev–Trinajstić information content (AvgIpc) is 2.97. The summed E-state index contributed by atoms with van der Waals surface area (Å²) in [5.41, 5.74) is -0.0166. The number of hydrogen-bond donors (Lipinski definition) is 2. The third-order valence-electron chi connectivity index (χ3n) is 4.31. The van der Waals surface area contributed by atoms with Crippen LogP contribution >= 0.6 is 0 Å². The van der Waals surface area contributed by atoms with E-state index in [1.807, 2.05) is 24.0 Å². The standard InChI is InChI=1S/C18H21N3O3/c1-12(11-21-8-4-7-16(21)22)10-19-18(24)15-9-13-5-2-3-6-14(13)17(23)20-15/h2-3,5-6,9,12H,4,7-8,10-11H2,1H3,(H,19,24)(H,20,23)/t12-/m0/s1. The van der Waals surface area contributed by atoms with Gasteiger partial charge in [-0.25, -0.2) is 0 Å². The maximum absolute atomic E-state index is 12.3. The smallest absolute Gasteiger partial charge is 0.267 e. The van der Waals surface area contributed by atoms with Crippen molar-refractivity contribution in [3.8, 4) is 0 Å². The lowest BCUT2D eigenvalue weighted by Gasteiger charge is -2.21. The molecule has 1 atom stereocenters. The highest BCUT2D eigenvalue weighted by atomic mass is 16.2. The summed E-state index contributed by atoms with van der Waals surface area (Å²) in [6.45, 7) is 3.90. The molecular formula is C18H21N3O3. The third-order valence-corrected chi connectivity index (χ3v) is 4.31. The number of rotatable bonds is 5. The summed E-state index contributed by atoms with van der Waals surface area (Å²) in [5.74, 6) is 0.0349. The number of nitrogens with zero attached hydrogens (tertiary/aromatic N) is 1. The molecule has 2 N–H and O–H groups in total. The van der Waals surface area contributed by atoms with Gasteiger partial charge in [0.25, 0.3) is 11.5 Å². The summed E-state index contributed by atoms with van der Waals surface area (Å²) in [7, 11) is 0. The number of amides is 2. The van der Waals surface area contributed by atoms with Crippen LogP contribution < -0.4 is 10.9 Å². The van der Waals surface area contributed by atoms with Gasteiger partial charge < -0.3 is 15.2 Å². The Balaban J connectivity index is 1.62. The van der Waals surface area contributed by atoms with Gasteiger partial charge in [-0.15, -0.1) is 0 Å². The zero-order chi connectivity index (χ0) is 17.1.